The van der Waals surface area contributed by atoms with Crippen molar-refractivity contribution >= 4 is 29.0 Å². The average Bonchev–Trinajstić information content (AvgIpc) is 3.23. The topological polar surface area (TPSA) is 94.9 Å². The smallest absolute Gasteiger partial charge is 0.257 e. The van der Waals surface area contributed by atoms with E-state index in [4.69, 9.17) is 10.2 Å². The minimum Gasteiger partial charge on any atom is -0.419 e. The van der Waals surface area contributed by atoms with Crippen LogP contribution >= 0.6 is 23.1 Å². The van der Waals surface area contributed by atoms with Gasteiger partial charge in [0.05, 0.1) is 15.7 Å². The summed E-state index contributed by atoms with van der Waals surface area (Å²) in [7, 11) is 0. The lowest BCUT2D eigenvalue weighted by molar-refractivity contribution is 0.0996. The summed E-state index contributed by atoms with van der Waals surface area (Å²) >= 11 is 2.93. The number of hydrogen-bond donors (Lipinski definition) is 1. The molecule has 1 unspecified atom stereocenters. The molecule has 0 saturated heterocycles. The number of nitrogens with two attached hydrogens (primary N) is 1. The van der Waals surface area contributed by atoms with Gasteiger partial charge < -0.3 is 10.2 Å². The molecule has 1 amide bonds. The van der Waals surface area contributed by atoms with Gasteiger partial charge in [-0.15, -0.1) is 21.5 Å². The van der Waals surface area contributed by atoms with Crippen molar-refractivity contribution in [1.82, 2.24) is 15.2 Å². The van der Waals surface area contributed by atoms with Gasteiger partial charge in [0.2, 0.25) is 5.89 Å². The maximum Gasteiger partial charge on any atom is 0.257 e. The predicted molar refractivity (Wildman–Crippen MR) is 98.8 cm³/mol. The molecule has 0 aliphatic heterocycles. The summed E-state index contributed by atoms with van der Waals surface area (Å²) in [6.07, 6.45) is 0. The van der Waals surface area contributed by atoms with Crippen LogP contribution < -0.4 is 5.73 Å². The first-order valence-corrected chi connectivity index (χ1v) is 9.46. The van der Waals surface area contributed by atoms with Crippen LogP contribution in [0.15, 0.2) is 27.0 Å². The molecule has 6 nitrogen and oxygen atoms in total. The normalized spacial score (nSPS) is 12.3. The molecular formula is C17H18N4O2S2. The Labute approximate surface area is 153 Å². The first-order chi connectivity index (χ1) is 11.9. The molecule has 3 rings (SSSR count). The summed E-state index contributed by atoms with van der Waals surface area (Å²) in [6, 6.07) is 3.86. The molecule has 3 aromatic rings. The van der Waals surface area contributed by atoms with Crippen LogP contribution in [0.5, 0.6) is 0 Å². The molecule has 25 heavy (non-hydrogen) atoms. The van der Waals surface area contributed by atoms with E-state index >= 15 is 0 Å². The average molecular weight is 374 g/mol. The minimum absolute atomic E-state index is 0.159. The number of amides is 1. The molecule has 0 aromatic carbocycles. The number of thiophene rings is 1. The predicted octanol–water partition coefficient (Wildman–Crippen LogP) is 4.07. The van der Waals surface area contributed by atoms with Crippen molar-refractivity contribution in [1.29, 1.82) is 0 Å². The zero-order chi connectivity index (χ0) is 18.1. The zero-order valence-corrected chi connectivity index (χ0v) is 16.0. The van der Waals surface area contributed by atoms with Crippen LogP contribution in [0.2, 0.25) is 0 Å². The fourth-order valence-electron chi connectivity index (χ4n) is 2.40. The van der Waals surface area contributed by atoms with E-state index in [0.29, 0.717) is 22.4 Å². The van der Waals surface area contributed by atoms with Crippen LogP contribution in [0.4, 0.5) is 0 Å². The fourth-order valence-corrected chi connectivity index (χ4v) is 4.14. The van der Waals surface area contributed by atoms with Gasteiger partial charge in [0.15, 0.2) is 0 Å². The van der Waals surface area contributed by atoms with E-state index in [1.54, 1.807) is 11.3 Å². The fraction of sp³-hybridized carbons (Fsp3) is 0.294. The number of carbonyl (C=O) groups is 1. The number of aromatic nitrogens is 3. The molecule has 3 heterocycles. The number of thioether (sulfide) groups is 1. The Bertz CT molecular complexity index is 919. The Balaban J connectivity index is 1.91. The van der Waals surface area contributed by atoms with Crippen molar-refractivity contribution in [3.8, 4) is 10.8 Å². The van der Waals surface area contributed by atoms with Crippen molar-refractivity contribution in [2.45, 2.75) is 38.0 Å². The largest absolute Gasteiger partial charge is 0.419 e. The third kappa shape index (κ3) is 3.45. The lowest BCUT2D eigenvalue weighted by Crippen LogP contribution is -2.17. The Hall–Kier alpha value is -2.19. The molecule has 0 saturated carbocycles. The number of hydrogen-bond acceptors (Lipinski definition) is 7. The SMILES string of the molecule is Cc1nc(SC(C)c2nnc(-c3cccs3)o2)c(C(N)=O)c(C)c1C. The Morgan fingerprint density at radius 3 is 2.68 bits per heavy atom. The highest BCUT2D eigenvalue weighted by Crippen LogP contribution is 2.37. The molecule has 0 fully saturated rings. The second kappa shape index (κ2) is 6.97. The zero-order valence-electron chi connectivity index (χ0n) is 14.4. The maximum atomic E-state index is 11.9. The van der Waals surface area contributed by atoms with Gasteiger partial charge in [-0.25, -0.2) is 4.98 Å². The Kier molecular flexibility index (Phi) is 4.91. The van der Waals surface area contributed by atoms with Crippen molar-refractivity contribution < 1.29 is 9.21 Å². The van der Waals surface area contributed by atoms with Crippen LogP contribution in [0.25, 0.3) is 10.8 Å². The number of primary amides is 1. The van der Waals surface area contributed by atoms with Gasteiger partial charge in [-0.3, -0.25) is 4.79 Å². The van der Waals surface area contributed by atoms with Crippen molar-refractivity contribution in [2.75, 3.05) is 0 Å². The molecule has 0 radical (unpaired) electrons. The van der Waals surface area contributed by atoms with E-state index in [0.717, 1.165) is 21.7 Å². The minimum atomic E-state index is -0.479. The lowest BCUT2D eigenvalue weighted by atomic mass is 10.0. The van der Waals surface area contributed by atoms with Gasteiger partial charge in [0.25, 0.3) is 11.8 Å². The van der Waals surface area contributed by atoms with Gasteiger partial charge >= 0.3 is 0 Å². The highest BCUT2D eigenvalue weighted by atomic mass is 32.2. The van der Waals surface area contributed by atoms with Crippen molar-refractivity contribution in [2.24, 2.45) is 5.73 Å². The number of aryl methyl sites for hydroxylation is 1. The monoisotopic (exact) mass is 374 g/mol. The second-order valence-corrected chi connectivity index (χ2v) is 7.95. The molecule has 0 aliphatic carbocycles. The molecule has 0 spiro atoms. The van der Waals surface area contributed by atoms with Gasteiger partial charge in [-0.1, -0.05) is 17.8 Å². The van der Waals surface area contributed by atoms with Crippen LogP contribution in [0.1, 0.15) is 45.2 Å². The molecule has 2 N–H and O–H groups in total. The second-order valence-electron chi connectivity index (χ2n) is 5.67. The highest BCUT2D eigenvalue weighted by molar-refractivity contribution is 7.99. The summed E-state index contributed by atoms with van der Waals surface area (Å²) in [5, 5.41) is 10.6. The molecule has 0 aliphatic rings. The third-order valence-corrected chi connectivity index (χ3v) is 5.95. The number of nitrogens with zero attached hydrogens (tertiary/aromatic N) is 3. The number of pyridine rings is 1. The maximum absolute atomic E-state index is 11.9. The van der Waals surface area contributed by atoms with Gasteiger partial charge in [0.1, 0.15) is 5.03 Å². The quantitative estimate of drug-likeness (QED) is 0.676. The summed E-state index contributed by atoms with van der Waals surface area (Å²) in [4.78, 5) is 17.4. The molecule has 130 valence electrons. The van der Waals surface area contributed by atoms with Crippen molar-refractivity contribution in [3.63, 3.8) is 0 Å². The van der Waals surface area contributed by atoms with Crippen LogP contribution in [-0.2, 0) is 0 Å². The molecule has 8 heteroatoms. The molecule has 0 bridgehead atoms. The molecular weight excluding hydrogens is 356 g/mol. The Morgan fingerprint density at radius 1 is 1.28 bits per heavy atom. The van der Waals surface area contributed by atoms with E-state index in [1.807, 2.05) is 45.2 Å². The lowest BCUT2D eigenvalue weighted by Gasteiger charge is -2.15. The standard InChI is InChI=1S/C17H18N4O2S2/c1-8-9(2)13(14(18)22)17(19-10(8)3)25-11(4)15-20-21-16(23-15)12-6-5-7-24-12/h5-7,11H,1-4H3,(H2,18,22). The van der Waals surface area contributed by atoms with Gasteiger partial charge in [0, 0.05) is 5.69 Å². The van der Waals surface area contributed by atoms with E-state index in [2.05, 4.69) is 15.2 Å². The van der Waals surface area contributed by atoms with Crippen LogP contribution in [0, 0.1) is 20.8 Å². The van der Waals surface area contributed by atoms with Crippen molar-refractivity contribution in [3.05, 3.63) is 45.8 Å². The van der Waals surface area contributed by atoms with E-state index in [-0.39, 0.29) is 5.25 Å². The molecule has 1 atom stereocenters. The summed E-state index contributed by atoms with van der Waals surface area (Å²) in [5.41, 5.74) is 8.74. The van der Waals surface area contributed by atoms with Crippen LogP contribution in [0.3, 0.4) is 0 Å². The summed E-state index contributed by atoms with van der Waals surface area (Å²) < 4.78 is 5.77. The molecule has 3 aromatic heterocycles. The van der Waals surface area contributed by atoms with E-state index in [9.17, 15) is 4.79 Å². The third-order valence-electron chi connectivity index (χ3n) is 4.02. The van der Waals surface area contributed by atoms with E-state index in [1.165, 1.54) is 11.8 Å². The van der Waals surface area contributed by atoms with Gasteiger partial charge in [-0.2, -0.15) is 0 Å². The number of rotatable bonds is 5. The number of carbonyl (C=O) groups excluding carboxylic acids is 1. The summed E-state index contributed by atoms with van der Waals surface area (Å²) in [5.74, 6) is 0.505. The van der Waals surface area contributed by atoms with E-state index < -0.39 is 5.91 Å². The summed E-state index contributed by atoms with van der Waals surface area (Å²) in [6.45, 7) is 7.69. The first-order valence-electron chi connectivity index (χ1n) is 7.70. The first kappa shape index (κ1) is 17.6. The highest BCUT2D eigenvalue weighted by Gasteiger charge is 2.23. The van der Waals surface area contributed by atoms with Gasteiger partial charge in [-0.05, 0) is 50.3 Å². The Morgan fingerprint density at radius 2 is 2.04 bits per heavy atom. The van der Waals surface area contributed by atoms with Crippen LogP contribution in [-0.4, -0.2) is 21.1 Å².